The van der Waals surface area contributed by atoms with Crippen LogP contribution in [0.2, 0.25) is 5.02 Å². The molecule has 0 radical (unpaired) electrons. The number of hydrogen-bond donors (Lipinski definition) is 1. The van der Waals surface area contributed by atoms with Gasteiger partial charge in [0.25, 0.3) is 0 Å². The van der Waals surface area contributed by atoms with Crippen LogP contribution in [0.25, 0.3) is 0 Å². The van der Waals surface area contributed by atoms with Crippen LogP contribution in [0.1, 0.15) is 5.56 Å². The lowest BCUT2D eigenvalue weighted by Crippen LogP contribution is -1.83. The van der Waals surface area contributed by atoms with Crippen LogP contribution in [0.15, 0.2) is 18.2 Å². The Bertz CT molecular complexity index is 235. The number of benzene rings is 1. The van der Waals surface area contributed by atoms with Crippen LogP contribution in [0.3, 0.4) is 0 Å². The molecule has 0 bridgehead atoms. The molecule has 1 N–H and O–H groups in total. The molecule has 54 valence electrons. The van der Waals surface area contributed by atoms with E-state index >= 15 is 0 Å². The monoisotopic (exact) mass is 175 g/mol. The standard InChI is InChI=1S/C7H7Cl2N/c1-5-4-6(8)2-3-7(5)10-9/h2-4,10H,1H3. The lowest BCUT2D eigenvalue weighted by Gasteiger charge is -2.01. The molecule has 0 aliphatic rings. The molecule has 1 aromatic carbocycles. The molecule has 1 rings (SSSR count). The topological polar surface area (TPSA) is 12.0 Å². The Kier molecular flexibility index (Phi) is 2.41. The molecule has 0 unspecified atom stereocenters. The molecule has 0 amide bonds. The first kappa shape index (κ1) is 7.70. The highest BCUT2D eigenvalue weighted by Crippen LogP contribution is 2.19. The number of nitrogens with one attached hydrogen (secondary N) is 1. The van der Waals surface area contributed by atoms with Gasteiger partial charge < -0.3 is 0 Å². The number of hydrogen-bond acceptors (Lipinski definition) is 1. The lowest BCUT2D eigenvalue weighted by atomic mass is 10.2. The molecule has 3 heteroatoms. The first-order chi connectivity index (χ1) is 4.74. The van der Waals surface area contributed by atoms with Crippen molar-refractivity contribution in [3.8, 4) is 0 Å². The molecular formula is C7H7Cl2N. The summed E-state index contributed by atoms with van der Waals surface area (Å²) in [4.78, 5) is 2.54. The number of rotatable bonds is 1. The van der Waals surface area contributed by atoms with Gasteiger partial charge >= 0.3 is 0 Å². The second-order valence-corrected chi connectivity index (χ2v) is 2.68. The minimum atomic E-state index is 0.730. The lowest BCUT2D eigenvalue weighted by molar-refractivity contribution is 1.47. The van der Waals surface area contributed by atoms with E-state index in [-0.39, 0.29) is 0 Å². The first-order valence-electron chi connectivity index (χ1n) is 2.87. The Morgan fingerprint density at radius 3 is 2.60 bits per heavy atom. The Labute approximate surface area is 70.1 Å². The van der Waals surface area contributed by atoms with Crippen molar-refractivity contribution in [3.63, 3.8) is 0 Å². The van der Waals surface area contributed by atoms with Gasteiger partial charge in [0.15, 0.2) is 0 Å². The molecule has 1 nitrogen and oxygen atoms in total. The smallest absolute Gasteiger partial charge is 0.0521 e. The molecule has 0 saturated carbocycles. The van der Waals surface area contributed by atoms with Gasteiger partial charge in [0, 0.05) is 16.8 Å². The van der Waals surface area contributed by atoms with Crippen LogP contribution in [0, 0.1) is 6.92 Å². The second kappa shape index (κ2) is 3.13. The fourth-order valence-corrected chi connectivity index (χ4v) is 1.17. The summed E-state index contributed by atoms with van der Waals surface area (Å²) >= 11 is 11.1. The van der Waals surface area contributed by atoms with E-state index in [1.54, 1.807) is 6.07 Å². The Morgan fingerprint density at radius 1 is 1.40 bits per heavy atom. The number of halogens is 2. The van der Waals surface area contributed by atoms with E-state index in [2.05, 4.69) is 4.84 Å². The van der Waals surface area contributed by atoms with Gasteiger partial charge in [0.05, 0.1) is 5.69 Å². The Balaban J connectivity index is 3.07. The van der Waals surface area contributed by atoms with Crippen molar-refractivity contribution in [2.45, 2.75) is 6.92 Å². The SMILES string of the molecule is Cc1cc(Cl)ccc1NCl. The predicted octanol–water partition coefficient (Wildman–Crippen LogP) is 3.21. The highest BCUT2D eigenvalue weighted by atomic mass is 35.5. The molecule has 0 atom stereocenters. The molecule has 0 spiro atoms. The number of anilines is 1. The van der Waals surface area contributed by atoms with Crippen molar-refractivity contribution < 1.29 is 0 Å². The van der Waals surface area contributed by atoms with Crippen LogP contribution in [-0.4, -0.2) is 0 Å². The Hall–Kier alpha value is -0.400. The third-order valence-electron chi connectivity index (χ3n) is 1.29. The zero-order valence-corrected chi connectivity index (χ0v) is 7.00. The number of aryl methyl sites for hydroxylation is 1. The molecule has 0 heterocycles. The highest BCUT2D eigenvalue weighted by Gasteiger charge is 1.95. The van der Waals surface area contributed by atoms with E-state index < -0.39 is 0 Å². The maximum Gasteiger partial charge on any atom is 0.0521 e. The summed E-state index contributed by atoms with van der Waals surface area (Å²) in [6.45, 7) is 1.94. The summed E-state index contributed by atoms with van der Waals surface area (Å²) in [5, 5.41) is 0.730. The fraction of sp³-hybridized carbons (Fsp3) is 0.143. The van der Waals surface area contributed by atoms with Crippen molar-refractivity contribution >= 4 is 29.1 Å². The molecule has 0 aliphatic carbocycles. The van der Waals surface area contributed by atoms with E-state index in [9.17, 15) is 0 Å². The van der Waals surface area contributed by atoms with Gasteiger partial charge in [-0.05, 0) is 30.7 Å². The third-order valence-corrected chi connectivity index (χ3v) is 1.73. The van der Waals surface area contributed by atoms with Crippen LogP contribution in [0.4, 0.5) is 5.69 Å². The van der Waals surface area contributed by atoms with E-state index in [4.69, 9.17) is 23.4 Å². The Morgan fingerprint density at radius 2 is 2.10 bits per heavy atom. The van der Waals surface area contributed by atoms with E-state index in [1.807, 2.05) is 19.1 Å². The van der Waals surface area contributed by atoms with Gasteiger partial charge in [0.2, 0.25) is 0 Å². The van der Waals surface area contributed by atoms with E-state index in [1.165, 1.54) is 0 Å². The van der Waals surface area contributed by atoms with E-state index in [0.29, 0.717) is 0 Å². The fourth-order valence-electron chi connectivity index (χ4n) is 0.733. The minimum absolute atomic E-state index is 0.730. The van der Waals surface area contributed by atoms with Crippen molar-refractivity contribution in [2.75, 3.05) is 4.84 Å². The van der Waals surface area contributed by atoms with Crippen LogP contribution >= 0.6 is 23.4 Å². The van der Waals surface area contributed by atoms with Crippen LogP contribution < -0.4 is 4.84 Å². The van der Waals surface area contributed by atoms with Crippen molar-refractivity contribution in [1.82, 2.24) is 0 Å². The average Bonchev–Trinajstić information content (AvgIpc) is 1.88. The summed E-state index contributed by atoms with van der Waals surface area (Å²) in [5.74, 6) is 0. The summed E-state index contributed by atoms with van der Waals surface area (Å²) in [7, 11) is 0. The molecular weight excluding hydrogens is 169 g/mol. The highest BCUT2D eigenvalue weighted by molar-refractivity contribution is 6.31. The molecule has 0 saturated heterocycles. The second-order valence-electron chi connectivity index (χ2n) is 2.05. The van der Waals surface area contributed by atoms with Gasteiger partial charge in [-0.25, -0.2) is 0 Å². The zero-order valence-electron chi connectivity index (χ0n) is 5.49. The van der Waals surface area contributed by atoms with Crippen molar-refractivity contribution in [3.05, 3.63) is 28.8 Å². The molecule has 0 fully saturated rings. The summed E-state index contributed by atoms with van der Waals surface area (Å²) in [6, 6.07) is 5.48. The zero-order chi connectivity index (χ0) is 7.56. The molecule has 10 heavy (non-hydrogen) atoms. The van der Waals surface area contributed by atoms with Crippen LogP contribution in [0.5, 0.6) is 0 Å². The maximum atomic E-state index is 5.70. The molecule has 1 aromatic rings. The summed E-state index contributed by atoms with van der Waals surface area (Å²) in [6.07, 6.45) is 0. The average molecular weight is 176 g/mol. The molecule has 0 aliphatic heterocycles. The third kappa shape index (κ3) is 1.55. The summed E-state index contributed by atoms with van der Waals surface area (Å²) < 4.78 is 0. The van der Waals surface area contributed by atoms with Gasteiger partial charge in [-0.2, -0.15) is 0 Å². The van der Waals surface area contributed by atoms with E-state index in [0.717, 1.165) is 16.3 Å². The van der Waals surface area contributed by atoms with Gasteiger partial charge in [0.1, 0.15) is 0 Å². The van der Waals surface area contributed by atoms with Crippen LogP contribution in [-0.2, 0) is 0 Å². The molecule has 0 aromatic heterocycles. The quantitative estimate of drug-likeness (QED) is 0.647. The van der Waals surface area contributed by atoms with Gasteiger partial charge in [-0.3, -0.25) is 4.84 Å². The van der Waals surface area contributed by atoms with Crippen molar-refractivity contribution in [2.24, 2.45) is 0 Å². The largest absolute Gasteiger partial charge is 0.298 e. The summed E-state index contributed by atoms with van der Waals surface area (Å²) in [5.41, 5.74) is 1.94. The van der Waals surface area contributed by atoms with Gasteiger partial charge in [-0.1, -0.05) is 11.6 Å². The maximum absolute atomic E-state index is 5.70. The van der Waals surface area contributed by atoms with Crippen molar-refractivity contribution in [1.29, 1.82) is 0 Å². The predicted molar refractivity (Wildman–Crippen MR) is 45.7 cm³/mol. The van der Waals surface area contributed by atoms with Gasteiger partial charge in [-0.15, -0.1) is 0 Å². The first-order valence-corrected chi connectivity index (χ1v) is 3.62. The minimum Gasteiger partial charge on any atom is -0.298 e. The normalized spacial score (nSPS) is 9.50.